The van der Waals surface area contributed by atoms with Crippen molar-refractivity contribution >= 4 is 16.8 Å². The van der Waals surface area contributed by atoms with Crippen molar-refractivity contribution in [3.63, 3.8) is 0 Å². The fraction of sp³-hybridized carbons (Fsp3) is 0.449. The van der Waals surface area contributed by atoms with Crippen molar-refractivity contribution in [1.29, 1.82) is 0 Å². The van der Waals surface area contributed by atoms with Gasteiger partial charge < -0.3 is 34.6 Å². The molecule has 0 saturated carbocycles. The minimum Gasteiger partial charge on any atom is -0.491 e. The summed E-state index contributed by atoms with van der Waals surface area (Å²) in [5.41, 5.74) is 12.0. The molecule has 13 heteroatoms. The molecule has 9 rings (SSSR count). The van der Waals surface area contributed by atoms with E-state index in [0.717, 1.165) is 52.9 Å². The van der Waals surface area contributed by atoms with E-state index >= 15 is 4.39 Å². The van der Waals surface area contributed by atoms with Gasteiger partial charge in [-0.15, -0.1) is 0 Å². The van der Waals surface area contributed by atoms with Crippen LogP contribution in [0.1, 0.15) is 103 Å². The molecule has 6 atom stereocenters. The molecule has 6 aromatic rings. The first kappa shape index (κ1) is 41.8. The largest absolute Gasteiger partial charge is 0.491 e. The van der Waals surface area contributed by atoms with Crippen LogP contribution in [0.25, 0.3) is 44.7 Å². The summed E-state index contributed by atoms with van der Waals surface area (Å²) in [6.45, 7) is 16.3. The van der Waals surface area contributed by atoms with Crippen molar-refractivity contribution in [1.82, 2.24) is 34.3 Å². The van der Waals surface area contributed by atoms with E-state index in [1.807, 2.05) is 91.9 Å². The highest BCUT2D eigenvalue weighted by Crippen LogP contribution is 2.48. The Bertz CT molecular complexity index is 2590. The van der Waals surface area contributed by atoms with Crippen molar-refractivity contribution in [3.05, 3.63) is 96.1 Å². The number of nitrogens with two attached hydrogens (primary N) is 1. The van der Waals surface area contributed by atoms with Gasteiger partial charge in [0.15, 0.2) is 0 Å². The van der Waals surface area contributed by atoms with Crippen LogP contribution in [0.2, 0.25) is 0 Å². The first-order valence-corrected chi connectivity index (χ1v) is 22.2. The molecule has 11 nitrogen and oxygen atoms in total. The number of likely N-dealkylation sites (tertiary alicyclic amines) is 2. The number of ether oxygens (including phenoxy) is 2. The first-order chi connectivity index (χ1) is 29.7. The van der Waals surface area contributed by atoms with Crippen LogP contribution in [0.15, 0.2) is 73.1 Å². The summed E-state index contributed by atoms with van der Waals surface area (Å²) in [6.07, 6.45) is 3.97. The van der Waals surface area contributed by atoms with Crippen LogP contribution >= 0.6 is 0 Å². The molecule has 0 radical (unpaired) electrons. The summed E-state index contributed by atoms with van der Waals surface area (Å²) >= 11 is 0. The van der Waals surface area contributed by atoms with E-state index < -0.39 is 24.3 Å². The van der Waals surface area contributed by atoms with Gasteiger partial charge in [-0.1, -0.05) is 52.8 Å². The highest BCUT2D eigenvalue weighted by atomic mass is 19.1. The van der Waals surface area contributed by atoms with Crippen LogP contribution in [0.5, 0.6) is 11.5 Å². The third kappa shape index (κ3) is 7.78. The van der Waals surface area contributed by atoms with Gasteiger partial charge in [-0.2, -0.15) is 0 Å². The molecule has 4 N–H and O–H groups in total. The van der Waals surface area contributed by atoms with Gasteiger partial charge in [0.1, 0.15) is 35.1 Å². The Kier molecular flexibility index (Phi) is 11.2. The summed E-state index contributed by atoms with van der Waals surface area (Å²) in [4.78, 5) is 33.8. The van der Waals surface area contributed by atoms with Crippen LogP contribution in [-0.2, 0) is 4.79 Å². The van der Waals surface area contributed by atoms with E-state index in [-0.39, 0.29) is 30.0 Å². The summed E-state index contributed by atoms with van der Waals surface area (Å²) in [5.74, 6) is 2.93. The number of alkyl halides is 1. The number of nitrogens with one attached hydrogen (secondary N) is 2. The molecule has 0 spiro atoms. The molecular formula is C49H58F2N8O3. The van der Waals surface area contributed by atoms with E-state index in [1.54, 1.807) is 6.20 Å². The lowest BCUT2D eigenvalue weighted by atomic mass is 9.97. The summed E-state index contributed by atoms with van der Waals surface area (Å²) in [7, 11) is 0. The van der Waals surface area contributed by atoms with Crippen LogP contribution in [0.3, 0.4) is 0 Å². The molecule has 0 aliphatic carbocycles. The SMILES string of the molecule is CC(C)Oc1cccc(C2Oc3cc(-c4cnc([C@@H]5CCCN5C(=O)[C@@H](N)C(C)C)[nH]4)cc(F)c3-c3cc4cc(-c5cnc([C@@H]6C[C@@H](F)CN6CC(C)C(C)C)[nH]5)ccc4n32)c1. The van der Waals surface area contributed by atoms with Crippen LogP contribution < -0.4 is 15.2 Å². The Morgan fingerprint density at radius 2 is 1.66 bits per heavy atom. The smallest absolute Gasteiger partial charge is 0.240 e. The number of aromatic amines is 2. The second-order valence-corrected chi connectivity index (χ2v) is 18.6. The monoisotopic (exact) mass is 844 g/mol. The van der Waals surface area contributed by atoms with Crippen molar-refractivity contribution in [2.75, 3.05) is 19.6 Å². The lowest BCUT2D eigenvalue weighted by Gasteiger charge is -2.31. The molecule has 6 heterocycles. The number of hydrogen-bond donors (Lipinski definition) is 3. The number of carbonyl (C=O) groups is 1. The zero-order valence-electron chi connectivity index (χ0n) is 36.7. The van der Waals surface area contributed by atoms with Gasteiger partial charge in [0.05, 0.1) is 64.8 Å². The number of carbonyl (C=O) groups excluding carboxylic acids is 1. The van der Waals surface area contributed by atoms with Crippen LogP contribution in [-0.4, -0.2) is 78.2 Å². The van der Waals surface area contributed by atoms with Gasteiger partial charge in [0.2, 0.25) is 12.1 Å². The minimum atomic E-state index is -0.893. The zero-order valence-corrected chi connectivity index (χ0v) is 36.7. The molecule has 326 valence electrons. The molecule has 3 aromatic heterocycles. The van der Waals surface area contributed by atoms with E-state index in [4.69, 9.17) is 25.2 Å². The Morgan fingerprint density at radius 3 is 2.39 bits per heavy atom. The number of hydrogen-bond acceptors (Lipinski definition) is 7. The number of rotatable bonds is 12. The Hall–Kier alpha value is -5.53. The predicted molar refractivity (Wildman–Crippen MR) is 238 cm³/mol. The Morgan fingerprint density at radius 1 is 0.919 bits per heavy atom. The molecule has 2 fully saturated rings. The molecule has 3 aliphatic heterocycles. The van der Waals surface area contributed by atoms with Gasteiger partial charge in [0, 0.05) is 48.1 Å². The second kappa shape index (κ2) is 16.6. The fourth-order valence-corrected chi connectivity index (χ4v) is 9.34. The molecular weight excluding hydrogens is 787 g/mol. The number of amides is 1. The topological polar surface area (TPSA) is 130 Å². The van der Waals surface area contributed by atoms with E-state index in [2.05, 4.69) is 41.7 Å². The standard InChI is InChI=1S/C49H58F2N8O3/c1-26(2)29(7)24-57-25-34(50)21-42(57)47-54-22-37(55-47)30-13-14-39-33(16-30)19-41-44-36(51)18-32(20-43(44)62-49(59(39)41)31-10-8-11-35(17-31)61-28(5)6)38-23-53-46(56-38)40-12-9-15-58(40)48(60)45(52)27(3)4/h8,10-11,13-14,16-20,22-23,26-29,34,40,42,45,49H,9,12,15,21,24-25,52H2,1-7H3,(H,53,56)(H,54,55)/t29?,34-,40+,42+,45+,49?/m1/s1. The van der Waals surface area contributed by atoms with Crippen LogP contribution in [0, 0.1) is 23.6 Å². The van der Waals surface area contributed by atoms with Gasteiger partial charge in [-0.3, -0.25) is 9.69 Å². The van der Waals surface area contributed by atoms with Crippen molar-refractivity contribution < 1.29 is 23.0 Å². The van der Waals surface area contributed by atoms with Crippen molar-refractivity contribution in [2.24, 2.45) is 23.5 Å². The molecule has 3 aliphatic rings. The zero-order chi connectivity index (χ0) is 43.6. The number of H-pyrrole nitrogens is 2. The average molecular weight is 845 g/mol. The maximum atomic E-state index is 16.8. The molecule has 1 amide bonds. The fourth-order valence-electron chi connectivity index (χ4n) is 9.34. The maximum absolute atomic E-state index is 16.8. The van der Waals surface area contributed by atoms with Crippen molar-refractivity contribution in [3.8, 4) is 45.3 Å². The Labute approximate surface area is 362 Å². The lowest BCUT2D eigenvalue weighted by molar-refractivity contribution is -0.134. The average Bonchev–Trinajstić information content (AvgIpc) is 4.09. The quantitative estimate of drug-likeness (QED) is 0.112. The number of benzene rings is 3. The van der Waals surface area contributed by atoms with Crippen molar-refractivity contribution in [2.45, 2.75) is 104 Å². The number of aromatic nitrogens is 5. The van der Waals surface area contributed by atoms with Gasteiger partial charge in [-0.25, -0.2) is 18.7 Å². The number of imidazole rings is 2. The van der Waals surface area contributed by atoms with Gasteiger partial charge in [0.25, 0.3) is 0 Å². The maximum Gasteiger partial charge on any atom is 0.240 e. The summed E-state index contributed by atoms with van der Waals surface area (Å²) in [6, 6.07) is 18.4. The molecule has 62 heavy (non-hydrogen) atoms. The normalized spacial score (nSPS) is 21.2. The third-order valence-corrected chi connectivity index (χ3v) is 13.1. The predicted octanol–water partition coefficient (Wildman–Crippen LogP) is 9.98. The lowest BCUT2D eigenvalue weighted by Crippen LogP contribution is -2.46. The first-order valence-electron chi connectivity index (χ1n) is 22.2. The minimum absolute atomic E-state index is 0.0121. The highest BCUT2D eigenvalue weighted by molar-refractivity contribution is 5.92. The molecule has 0 bridgehead atoms. The van der Waals surface area contributed by atoms with E-state index in [1.165, 1.54) is 6.07 Å². The molecule has 2 saturated heterocycles. The number of fused-ring (bicyclic) bond motifs is 5. The number of halogens is 2. The highest BCUT2D eigenvalue weighted by Gasteiger charge is 2.38. The summed E-state index contributed by atoms with van der Waals surface area (Å²) in [5, 5.41) is 0.899. The Balaban J connectivity index is 1.08. The number of nitrogens with zero attached hydrogens (tertiary/aromatic N) is 5. The van der Waals surface area contributed by atoms with E-state index in [0.29, 0.717) is 71.2 Å². The van der Waals surface area contributed by atoms with Crippen LogP contribution in [0.4, 0.5) is 8.78 Å². The molecule has 2 unspecified atom stereocenters. The van der Waals surface area contributed by atoms with Gasteiger partial charge in [-0.05, 0) is 86.9 Å². The summed E-state index contributed by atoms with van der Waals surface area (Å²) < 4.78 is 46.7. The second-order valence-electron chi connectivity index (χ2n) is 18.6. The third-order valence-electron chi connectivity index (χ3n) is 13.1. The van der Waals surface area contributed by atoms with E-state index in [9.17, 15) is 9.18 Å². The van der Waals surface area contributed by atoms with Gasteiger partial charge >= 0.3 is 0 Å². The molecule has 3 aromatic carbocycles.